The number of nitrogens with zero attached hydrogens (tertiary/aromatic N) is 2. The third-order valence-corrected chi connectivity index (χ3v) is 5.49. The lowest BCUT2D eigenvalue weighted by Crippen LogP contribution is -2.52. The summed E-state index contributed by atoms with van der Waals surface area (Å²) in [5, 5.41) is 12.8. The summed E-state index contributed by atoms with van der Waals surface area (Å²) in [5.41, 5.74) is 1.51. The molecule has 1 saturated heterocycles. The number of aliphatic hydroxyl groups is 1. The number of carbonyl (C=O) groups excluding carboxylic acids is 1. The molecule has 1 aliphatic rings. The quantitative estimate of drug-likeness (QED) is 0.431. The first-order chi connectivity index (χ1) is 15.1. The Morgan fingerprint density at radius 2 is 1.87 bits per heavy atom. The number of ether oxygens (including phenoxy) is 1. The second-order valence-electron chi connectivity index (χ2n) is 7.35. The zero-order chi connectivity index (χ0) is 22.1. The predicted molar refractivity (Wildman–Crippen MR) is 118 cm³/mol. The molecule has 8 heteroatoms. The molecule has 0 aliphatic carbocycles. The van der Waals surface area contributed by atoms with E-state index >= 15 is 0 Å². The Labute approximate surface area is 186 Å². The van der Waals surface area contributed by atoms with Gasteiger partial charge in [0.05, 0.1) is 12.6 Å². The van der Waals surface area contributed by atoms with E-state index < -0.39 is 0 Å². The molecule has 0 radical (unpaired) electrons. The first kappa shape index (κ1) is 23.3. The maximum atomic E-state index is 13.3. The fraction of sp³-hybridized carbons (Fsp3) is 0.391. The Kier molecular flexibility index (Phi) is 8.88. The summed E-state index contributed by atoms with van der Waals surface area (Å²) >= 11 is 5.92. The highest BCUT2D eigenvalue weighted by Gasteiger charge is 2.32. The molecule has 3 rings (SSSR count). The fourth-order valence-corrected chi connectivity index (χ4v) is 3.76. The van der Waals surface area contributed by atoms with Crippen LogP contribution in [0.25, 0.3) is 0 Å². The monoisotopic (exact) mass is 447 g/mol. The van der Waals surface area contributed by atoms with Gasteiger partial charge in [0.2, 0.25) is 0 Å². The van der Waals surface area contributed by atoms with Gasteiger partial charge in [-0.25, -0.2) is 9.18 Å². The van der Waals surface area contributed by atoms with E-state index in [0.717, 1.165) is 12.1 Å². The summed E-state index contributed by atoms with van der Waals surface area (Å²) in [6.45, 7) is 3.36. The van der Waals surface area contributed by atoms with Gasteiger partial charge in [0.15, 0.2) is 6.73 Å². The van der Waals surface area contributed by atoms with E-state index in [1.807, 2.05) is 4.90 Å². The van der Waals surface area contributed by atoms with Crippen molar-refractivity contribution in [1.29, 1.82) is 0 Å². The molecule has 0 saturated carbocycles. The highest BCUT2D eigenvalue weighted by Crippen LogP contribution is 2.24. The van der Waals surface area contributed by atoms with Crippen molar-refractivity contribution < 1.29 is 19.0 Å². The number of aliphatic hydroxyl groups excluding tert-OH is 1. The van der Waals surface area contributed by atoms with Crippen molar-refractivity contribution in [3.8, 4) is 5.75 Å². The van der Waals surface area contributed by atoms with Gasteiger partial charge in [0.25, 0.3) is 0 Å². The maximum Gasteiger partial charge on any atom is 0.161 e. The van der Waals surface area contributed by atoms with Crippen molar-refractivity contribution in [2.75, 3.05) is 39.5 Å². The van der Waals surface area contributed by atoms with Crippen molar-refractivity contribution in [3.63, 3.8) is 0 Å². The third-order valence-electron chi connectivity index (χ3n) is 5.24. The molecule has 2 aromatic rings. The molecule has 6 nitrogen and oxygen atoms in total. The predicted octanol–water partition coefficient (Wildman–Crippen LogP) is 2.69. The van der Waals surface area contributed by atoms with Gasteiger partial charge in [-0.2, -0.15) is 0 Å². The Balaban J connectivity index is 1.70. The van der Waals surface area contributed by atoms with Crippen LogP contribution >= 0.6 is 11.6 Å². The first-order valence-electron chi connectivity index (χ1n) is 10.3. The summed E-state index contributed by atoms with van der Waals surface area (Å²) in [5.74, 6) is 2.53. The first-order valence-corrected chi connectivity index (χ1v) is 10.7. The topological polar surface area (TPSA) is 65.0 Å². The summed E-state index contributed by atoms with van der Waals surface area (Å²) < 4.78 is 19.1. The minimum absolute atomic E-state index is 0.0569. The van der Waals surface area contributed by atoms with Gasteiger partial charge in [-0.3, -0.25) is 4.90 Å². The molecule has 1 fully saturated rings. The van der Waals surface area contributed by atoms with Gasteiger partial charge < -0.3 is 20.1 Å². The molecule has 1 atom stereocenters. The molecule has 0 aromatic heterocycles. The van der Waals surface area contributed by atoms with Crippen molar-refractivity contribution in [1.82, 2.24) is 15.1 Å². The van der Waals surface area contributed by atoms with Crippen LogP contribution in [0.1, 0.15) is 12.0 Å². The highest BCUT2D eigenvalue weighted by atomic mass is 35.5. The number of benzene rings is 2. The van der Waals surface area contributed by atoms with Crippen LogP contribution in [-0.2, 0) is 11.3 Å². The van der Waals surface area contributed by atoms with Crippen molar-refractivity contribution >= 4 is 17.5 Å². The molecule has 1 aliphatic heterocycles. The molecule has 31 heavy (non-hydrogen) atoms. The normalized spacial score (nSPS) is 16.9. The summed E-state index contributed by atoms with van der Waals surface area (Å²) in [7, 11) is 0. The van der Waals surface area contributed by atoms with Crippen LogP contribution in [0.3, 0.4) is 0 Å². The Morgan fingerprint density at radius 3 is 2.55 bits per heavy atom. The van der Waals surface area contributed by atoms with Crippen LogP contribution in [-0.4, -0.2) is 66.4 Å². The van der Waals surface area contributed by atoms with E-state index in [1.165, 1.54) is 12.1 Å². The lowest BCUT2D eigenvalue weighted by molar-refractivity contribution is 0.0641. The molecule has 0 bridgehead atoms. The third kappa shape index (κ3) is 6.79. The van der Waals surface area contributed by atoms with Crippen LogP contribution < -0.4 is 10.1 Å². The average Bonchev–Trinajstić information content (AvgIpc) is 2.78. The molecule has 2 aromatic carbocycles. The molecule has 0 amide bonds. The average molecular weight is 448 g/mol. The van der Waals surface area contributed by atoms with Crippen molar-refractivity contribution in [2.45, 2.75) is 19.0 Å². The summed E-state index contributed by atoms with van der Waals surface area (Å²) in [4.78, 5) is 16.1. The van der Waals surface area contributed by atoms with E-state index in [-0.39, 0.29) is 25.2 Å². The standard InChI is InChI=1S/C23H27ClFN3O3/c24-19-3-7-21(8-4-19)31-17-28-13-12-27(15-18-1-5-20(25)6-2-18)22(23(28)16-30)9-10-26-11-14-29/h1-8,22,26,29H,9-15,17H2. The van der Waals surface area contributed by atoms with Gasteiger partial charge in [-0.1, -0.05) is 23.7 Å². The van der Waals surface area contributed by atoms with Gasteiger partial charge >= 0.3 is 0 Å². The molecule has 0 spiro atoms. The number of piperazine rings is 1. The van der Waals surface area contributed by atoms with Gasteiger partial charge in [-0.15, -0.1) is 0 Å². The van der Waals surface area contributed by atoms with Crippen LogP contribution in [0.5, 0.6) is 5.75 Å². The number of nitrogens with one attached hydrogen (secondary N) is 1. The highest BCUT2D eigenvalue weighted by molar-refractivity contribution is 6.30. The minimum Gasteiger partial charge on any atom is -0.473 e. The van der Waals surface area contributed by atoms with Gasteiger partial charge in [0, 0.05) is 31.2 Å². The van der Waals surface area contributed by atoms with Crippen LogP contribution in [0.4, 0.5) is 4.39 Å². The fourth-order valence-electron chi connectivity index (χ4n) is 3.63. The zero-order valence-electron chi connectivity index (χ0n) is 17.3. The lowest BCUT2D eigenvalue weighted by Gasteiger charge is -2.42. The van der Waals surface area contributed by atoms with E-state index in [1.54, 1.807) is 36.4 Å². The molecule has 1 unspecified atom stereocenters. The smallest absolute Gasteiger partial charge is 0.161 e. The molecular weight excluding hydrogens is 421 g/mol. The summed E-state index contributed by atoms with van der Waals surface area (Å²) in [6.07, 6.45) is 0.670. The van der Waals surface area contributed by atoms with Crippen LogP contribution in [0.15, 0.2) is 54.2 Å². The van der Waals surface area contributed by atoms with Gasteiger partial charge in [0.1, 0.15) is 23.2 Å². The minimum atomic E-state index is -0.272. The number of halogens is 2. The van der Waals surface area contributed by atoms with E-state index in [9.17, 15) is 9.18 Å². The van der Waals surface area contributed by atoms with E-state index in [2.05, 4.69) is 16.2 Å². The van der Waals surface area contributed by atoms with E-state index in [4.69, 9.17) is 21.4 Å². The van der Waals surface area contributed by atoms with Crippen molar-refractivity contribution in [2.24, 2.45) is 0 Å². The largest absolute Gasteiger partial charge is 0.473 e. The van der Waals surface area contributed by atoms with Crippen LogP contribution in [0, 0.1) is 5.82 Å². The molecular formula is C23H27ClFN3O3. The number of hydrogen-bond donors (Lipinski definition) is 2. The summed E-state index contributed by atoms with van der Waals surface area (Å²) in [6, 6.07) is 13.3. The SMILES string of the molecule is O=C=C1C(CCNCCO)N(Cc2ccc(F)cc2)CCN1COc1ccc(Cl)cc1. The van der Waals surface area contributed by atoms with E-state index in [0.29, 0.717) is 49.1 Å². The van der Waals surface area contributed by atoms with Gasteiger partial charge in [-0.05, 0) is 54.9 Å². The molecule has 2 N–H and O–H groups in total. The Morgan fingerprint density at radius 1 is 1.13 bits per heavy atom. The van der Waals surface area contributed by atoms with Crippen molar-refractivity contribution in [3.05, 3.63) is 70.6 Å². The number of hydrogen-bond acceptors (Lipinski definition) is 6. The Bertz CT molecular complexity index is 873. The Hall–Kier alpha value is -2.41. The molecule has 1 heterocycles. The maximum absolute atomic E-state index is 13.3. The zero-order valence-corrected chi connectivity index (χ0v) is 18.0. The second kappa shape index (κ2) is 11.8. The molecule has 166 valence electrons. The number of rotatable bonds is 10. The lowest BCUT2D eigenvalue weighted by atomic mass is 10.0. The second-order valence-corrected chi connectivity index (χ2v) is 7.79. The van der Waals surface area contributed by atoms with Crippen LogP contribution in [0.2, 0.25) is 5.02 Å².